The molecular formula is C21H22O2S. The van der Waals surface area contributed by atoms with Crippen LogP contribution in [-0.4, -0.2) is 17.4 Å². The average molecular weight is 338 g/mol. The van der Waals surface area contributed by atoms with Crippen molar-refractivity contribution in [2.24, 2.45) is 11.8 Å². The number of hydrogen-bond acceptors (Lipinski definition) is 2. The van der Waals surface area contributed by atoms with Crippen molar-refractivity contribution in [1.82, 2.24) is 0 Å². The first-order valence-electron chi connectivity index (χ1n) is 8.55. The van der Waals surface area contributed by atoms with Gasteiger partial charge >= 0.3 is 0 Å². The quantitative estimate of drug-likeness (QED) is 0.827. The van der Waals surface area contributed by atoms with E-state index < -0.39 is 10.8 Å². The molecule has 1 aliphatic carbocycles. The normalized spacial score (nSPS) is 27.4. The number of benzene rings is 2. The van der Waals surface area contributed by atoms with E-state index in [9.17, 15) is 4.21 Å². The van der Waals surface area contributed by atoms with Gasteiger partial charge in [0.25, 0.3) is 0 Å². The van der Waals surface area contributed by atoms with Crippen molar-refractivity contribution in [1.29, 1.82) is 0 Å². The lowest BCUT2D eigenvalue weighted by Crippen LogP contribution is -2.23. The van der Waals surface area contributed by atoms with Gasteiger partial charge in [-0.3, -0.25) is 0 Å². The fourth-order valence-corrected chi connectivity index (χ4v) is 5.21. The highest BCUT2D eigenvalue weighted by molar-refractivity contribution is 7.89. The number of fused-ring (bicyclic) bond motifs is 1. The molecule has 1 aliphatic heterocycles. The van der Waals surface area contributed by atoms with Crippen molar-refractivity contribution in [3.8, 4) is 0 Å². The molecule has 1 fully saturated rings. The predicted molar refractivity (Wildman–Crippen MR) is 97.3 cm³/mol. The summed E-state index contributed by atoms with van der Waals surface area (Å²) in [5.74, 6) is 1.18. The predicted octanol–water partition coefficient (Wildman–Crippen LogP) is 4.44. The second-order valence-corrected chi connectivity index (χ2v) is 8.29. The van der Waals surface area contributed by atoms with E-state index in [4.69, 9.17) is 4.74 Å². The summed E-state index contributed by atoms with van der Waals surface area (Å²) in [6.07, 6.45) is 3.27. The largest absolute Gasteiger partial charge is 0.381 e. The van der Waals surface area contributed by atoms with Gasteiger partial charge < -0.3 is 4.74 Å². The molecule has 3 heteroatoms. The van der Waals surface area contributed by atoms with Crippen LogP contribution in [-0.2, 0) is 15.5 Å². The van der Waals surface area contributed by atoms with Crippen molar-refractivity contribution in [2.75, 3.05) is 13.2 Å². The van der Waals surface area contributed by atoms with Gasteiger partial charge in [0.05, 0.1) is 24.0 Å². The zero-order valence-corrected chi connectivity index (χ0v) is 14.7. The molecule has 0 radical (unpaired) electrons. The Hall–Kier alpha value is -1.71. The van der Waals surface area contributed by atoms with Gasteiger partial charge in [-0.15, -0.1) is 0 Å². The topological polar surface area (TPSA) is 26.3 Å². The van der Waals surface area contributed by atoms with Gasteiger partial charge in [-0.05, 0) is 37.0 Å². The molecule has 0 spiro atoms. The van der Waals surface area contributed by atoms with Crippen LogP contribution < -0.4 is 0 Å². The van der Waals surface area contributed by atoms with Gasteiger partial charge in [0, 0.05) is 21.6 Å². The lowest BCUT2D eigenvalue weighted by atomic mass is 9.78. The van der Waals surface area contributed by atoms with Crippen molar-refractivity contribution in [2.45, 2.75) is 24.2 Å². The molecule has 1 heterocycles. The first-order valence-corrected chi connectivity index (χ1v) is 9.70. The summed E-state index contributed by atoms with van der Waals surface area (Å²) in [7, 11) is -1.11. The molecule has 0 amide bonds. The highest BCUT2D eigenvalue weighted by Gasteiger charge is 2.37. The van der Waals surface area contributed by atoms with E-state index >= 15 is 0 Å². The Labute approximate surface area is 146 Å². The first kappa shape index (κ1) is 15.8. The Morgan fingerprint density at radius 1 is 1.00 bits per heavy atom. The van der Waals surface area contributed by atoms with Crippen LogP contribution in [0.15, 0.2) is 70.5 Å². The maximum absolute atomic E-state index is 13.3. The summed E-state index contributed by atoms with van der Waals surface area (Å²) in [6, 6.07) is 18.5. The number of rotatable bonds is 3. The molecule has 2 aliphatic rings. The van der Waals surface area contributed by atoms with Crippen LogP contribution in [0, 0.1) is 18.8 Å². The number of hydrogen-bond donors (Lipinski definition) is 0. The summed E-state index contributed by atoms with van der Waals surface area (Å²) in [4.78, 5) is 1.95. The highest BCUT2D eigenvalue weighted by Crippen LogP contribution is 2.44. The Bertz CT molecular complexity index is 764. The van der Waals surface area contributed by atoms with Gasteiger partial charge in [0.1, 0.15) is 0 Å². The van der Waals surface area contributed by atoms with E-state index in [2.05, 4.69) is 37.3 Å². The standard InChI is InChI=1S/C21H22O2S/c1-15-7-9-19(10-8-15)24(22)21-12-18-14-23-13-17(18)11-20(21)16-5-3-2-4-6-16/h2-10,12,17-18,20H,11,13-14H2,1H3/t17-,18+,20+,24+/m1/s1. The Kier molecular flexibility index (Phi) is 4.38. The monoisotopic (exact) mass is 338 g/mol. The van der Waals surface area contributed by atoms with Gasteiger partial charge in [0.15, 0.2) is 0 Å². The van der Waals surface area contributed by atoms with Crippen LogP contribution in [0.2, 0.25) is 0 Å². The molecular weight excluding hydrogens is 316 g/mol. The molecule has 124 valence electrons. The van der Waals surface area contributed by atoms with Crippen molar-refractivity contribution < 1.29 is 8.95 Å². The van der Waals surface area contributed by atoms with Crippen LogP contribution >= 0.6 is 0 Å². The van der Waals surface area contributed by atoms with Crippen molar-refractivity contribution >= 4 is 10.8 Å². The van der Waals surface area contributed by atoms with Gasteiger partial charge in [-0.25, -0.2) is 4.21 Å². The Morgan fingerprint density at radius 3 is 2.50 bits per heavy atom. The Balaban J connectivity index is 1.73. The van der Waals surface area contributed by atoms with E-state index in [1.807, 2.05) is 30.3 Å². The summed E-state index contributed by atoms with van der Waals surface area (Å²) in [6.45, 7) is 3.65. The minimum atomic E-state index is -1.11. The molecule has 4 atom stereocenters. The minimum absolute atomic E-state index is 0.219. The van der Waals surface area contributed by atoms with Crippen molar-refractivity contribution in [3.63, 3.8) is 0 Å². The molecule has 0 N–H and O–H groups in total. The number of allylic oxidation sites excluding steroid dienone is 1. The zero-order chi connectivity index (χ0) is 16.5. The summed E-state index contributed by atoms with van der Waals surface area (Å²) < 4.78 is 19.0. The van der Waals surface area contributed by atoms with E-state index in [0.717, 1.165) is 29.4 Å². The molecule has 0 saturated carbocycles. The van der Waals surface area contributed by atoms with Gasteiger partial charge in [-0.2, -0.15) is 0 Å². The lowest BCUT2D eigenvalue weighted by Gasteiger charge is -2.30. The third kappa shape index (κ3) is 2.99. The second-order valence-electron chi connectivity index (χ2n) is 6.81. The molecule has 1 saturated heterocycles. The smallest absolute Gasteiger partial charge is 0.0811 e. The fraction of sp³-hybridized carbons (Fsp3) is 0.333. The number of ether oxygens (including phenoxy) is 1. The summed E-state index contributed by atoms with van der Waals surface area (Å²) >= 11 is 0. The fourth-order valence-electron chi connectivity index (χ4n) is 3.76. The van der Waals surface area contributed by atoms with Crippen LogP contribution in [0.5, 0.6) is 0 Å². The van der Waals surface area contributed by atoms with E-state index in [1.54, 1.807) is 0 Å². The molecule has 2 aromatic carbocycles. The van der Waals surface area contributed by atoms with E-state index in [-0.39, 0.29) is 5.92 Å². The summed E-state index contributed by atoms with van der Waals surface area (Å²) in [5, 5.41) is 0. The molecule has 2 nitrogen and oxygen atoms in total. The van der Waals surface area contributed by atoms with Crippen molar-refractivity contribution in [3.05, 3.63) is 76.7 Å². The average Bonchev–Trinajstić information content (AvgIpc) is 3.09. The lowest BCUT2D eigenvalue weighted by molar-refractivity contribution is 0.182. The first-order chi connectivity index (χ1) is 11.7. The molecule has 4 rings (SSSR count). The molecule has 0 unspecified atom stereocenters. The van der Waals surface area contributed by atoms with Gasteiger partial charge in [-0.1, -0.05) is 54.1 Å². The van der Waals surface area contributed by atoms with Crippen LogP contribution in [0.25, 0.3) is 0 Å². The SMILES string of the molecule is Cc1ccc([S@](=O)C2=C[C@H]3COC[C@H]3C[C@H]2c2ccccc2)cc1. The summed E-state index contributed by atoms with van der Waals surface area (Å²) in [5.41, 5.74) is 2.45. The van der Waals surface area contributed by atoms with E-state index in [1.165, 1.54) is 11.1 Å². The van der Waals surface area contributed by atoms with Crippen LogP contribution in [0.3, 0.4) is 0 Å². The molecule has 0 aromatic heterocycles. The highest BCUT2D eigenvalue weighted by atomic mass is 32.2. The maximum atomic E-state index is 13.3. The van der Waals surface area contributed by atoms with E-state index in [0.29, 0.717) is 11.8 Å². The van der Waals surface area contributed by atoms with Crippen LogP contribution in [0.4, 0.5) is 0 Å². The zero-order valence-electron chi connectivity index (χ0n) is 13.9. The van der Waals surface area contributed by atoms with Gasteiger partial charge in [0.2, 0.25) is 0 Å². The Morgan fingerprint density at radius 2 is 1.75 bits per heavy atom. The number of aryl methyl sites for hydroxylation is 1. The van der Waals surface area contributed by atoms with Crippen LogP contribution in [0.1, 0.15) is 23.5 Å². The third-order valence-electron chi connectivity index (χ3n) is 5.16. The molecule has 2 aromatic rings. The third-order valence-corrected chi connectivity index (χ3v) is 6.71. The molecule has 0 bridgehead atoms. The molecule has 24 heavy (non-hydrogen) atoms. The maximum Gasteiger partial charge on any atom is 0.0811 e. The minimum Gasteiger partial charge on any atom is -0.381 e. The second kappa shape index (κ2) is 6.66.